The number of carbonyl (C=O) groups is 1. The molecule has 21 heavy (non-hydrogen) atoms. The first-order valence-electron chi connectivity index (χ1n) is 7.02. The molecule has 0 aliphatic heterocycles. The Hall–Kier alpha value is -1.82. The fraction of sp³-hybridized carbons (Fsp3) is 0.533. The molecule has 1 aliphatic rings. The third-order valence-corrected chi connectivity index (χ3v) is 3.92. The fourth-order valence-electron chi connectivity index (χ4n) is 2.61. The van der Waals surface area contributed by atoms with E-state index in [9.17, 15) is 9.18 Å². The fourth-order valence-corrected chi connectivity index (χ4v) is 2.61. The van der Waals surface area contributed by atoms with Crippen molar-refractivity contribution in [3.05, 3.63) is 17.9 Å². The van der Waals surface area contributed by atoms with E-state index in [0.29, 0.717) is 18.6 Å². The Morgan fingerprint density at radius 3 is 2.33 bits per heavy atom. The summed E-state index contributed by atoms with van der Waals surface area (Å²) in [5.74, 6) is -0.314. The first-order chi connectivity index (χ1) is 10.00. The number of rotatable bonds is 4. The quantitative estimate of drug-likeness (QED) is 0.895. The highest BCUT2D eigenvalue weighted by Crippen LogP contribution is 2.33. The van der Waals surface area contributed by atoms with Gasteiger partial charge in [0, 0.05) is 12.1 Å². The van der Waals surface area contributed by atoms with Crippen LogP contribution in [0.5, 0.6) is 11.5 Å². The minimum absolute atomic E-state index is 0.0491. The Labute approximate surface area is 123 Å². The highest BCUT2D eigenvalue weighted by molar-refractivity contribution is 5.98. The molecule has 1 amide bonds. The Morgan fingerprint density at radius 1 is 1.19 bits per heavy atom. The summed E-state index contributed by atoms with van der Waals surface area (Å²) in [7, 11) is 2.87. The highest BCUT2D eigenvalue weighted by atomic mass is 19.1. The third kappa shape index (κ3) is 3.26. The second-order valence-corrected chi connectivity index (χ2v) is 5.36. The predicted octanol–water partition coefficient (Wildman–Crippen LogP) is 2.44. The number of hydrogen-bond acceptors (Lipinski definition) is 4. The van der Waals surface area contributed by atoms with Crippen LogP contribution in [0.3, 0.4) is 0 Å². The molecule has 6 heteroatoms. The molecule has 116 valence electrons. The summed E-state index contributed by atoms with van der Waals surface area (Å²) in [6.07, 6.45) is 4.15. The first-order valence-corrected chi connectivity index (χ1v) is 7.02. The molecule has 0 bridgehead atoms. The average molecular weight is 296 g/mol. The van der Waals surface area contributed by atoms with Crippen molar-refractivity contribution in [1.82, 2.24) is 0 Å². The largest absolute Gasteiger partial charge is 0.493 e. The number of hydrogen-bond donors (Lipinski definition) is 2. The maximum absolute atomic E-state index is 14.0. The maximum atomic E-state index is 14.0. The van der Waals surface area contributed by atoms with Crippen molar-refractivity contribution in [3.8, 4) is 11.5 Å². The number of nitrogens with two attached hydrogens (primary N) is 1. The second kappa shape index (κ2) is 6.30. The van der Waals surface area contributed by atoms with E-state index < -0.39 is 11.4 Å². The number of benzene rings is 1. The molecular weight excluding hydrogens is 275 g/mol. The van der Waals surface area contributed by atoms with Crippen molar-refractivity contribution in [1.29, 1.82) is 0 Å². The molecule has 5 nitrogen and oxygen atoms in total. The van der Waals surface area contributed by atoms with Gasteiger partial charge in [-0.2, -0.15) is 0 Å². The molecule has 0 aromatic heterocycles. The number of halogens is 1. The van der Waals surface area contributed by atoms with Crippen LogP contribution in [-0.4, -0.2) is 25.7 Å². The van der Waals surface area contributed by atoms with E-state index in [0.717, 1.165) is 19.3 Å². The van der Waals surface area contributed by atoms with Crippen LogP contribution in [0.1, 0.15) is 32.1 Å². The zero-order valence-electron chi connectivity index (χ0n) is 12.4. The summed E-state index contributed by atoms with van der Waals surface area (Å²) >= 11 is 0. The lowest BCUT2D eigenvalue weighted by Gasteiger charge is -2.31. The van der Waals surface area contributed by atoms with Crippen LogP contribution in [0.15, 0.2) is 12.1 Å². The Morgan fingerprint density at radius 2 is 1.76 bits per heavy atom. The van der Waals surface area contributed by atoms with Crippen molar-refractivity contribution in [2.75, 3.05) is 19.5 Å². The number of anilines is 1. The van der Waals surface area contributed by atoms with Crippen molar-refractivity contribution in [2.24, 2.45) is 5.73 Å². The third-order valence-electron chi connectivity index (χ3n) is 3.92. The monoisotopic (exact) mass is 296 g/mol. The molecule has 0 unspecified atom stereocenters. The maximum Gasteiger partial charge on any atom is 0.244 e. The zero-order valence-corrected chi connectivity index (χ0v) is 12.4. The Kier molecular flexibility index (Phi) is 4.67. The number of ether oxygens (including phenoxy) is 2. The summed E-state index contributed by atoms with van der Waals surface area (Å²) in [5.41, 5.74) is 5.27. The lowest BCUT2D eigenvalue weighted by Crippen LogP contribution is -2.52. The SMILES string of the molecule is COc1cc(F)c(NC(=O)C2(N)CCCCC2)cc1OC. The van der Waals surface area contributed by atoms with Gasteiger partial charge in [0.25, 0.3) is 0 Å². The van der Waals surface area contributed by atoms with Gasteiger partial charge in [-0.25, -0.2) is 4.39 Å². The Balaban J connectivity index is 2.20. The van der Waals surface area contributed by atoms with Gasteiger partial charge in [-0.15, -0.1) is 0 Å². The first kappa shape index (κ1) is 15.6. The van der Waals surface area contributed by atoms with Gasteiger partial charge in [-0.05, 0) is 12.8 Å². The van der Waals surface area contributed by atoms with E-state index >= 15 is 0 Å². The van der Waals surface area contributed by atoms with E-state index in [1.165, 1.54) is 26.4 Å². The van der Waals surface area contributed by atoms with E-state index in [1.54, 1.807) is 0 Å². The van der Waals surface area contributed by atoms with Crippen LogP contribution >= 0.6 is 0 Å². The standard InChI is InChI=1S/C15H21FN2O3/c1-20-12-8-10(16)11(9-13(12)21-2)18-14(19)15(17)6-4-3-5-7-15/h8-9H,3-7,17H2,1-2H3,(H,18,19). The summed E-state index contributed by atoms with van der Waals surface area (Å²) in [4.78, 5) is 12.3. The molecule has 1 fully saturated rings. The Bertz CT molecular complexity index is 528. The zero-order chi connectivity index (χ0) is 15.5. The molecule has 3 N–H and O–H groups in total. The van der Waals surface area contributed by atoms with Crippen molar-refractivity contribution in [3.63, 3.8) is 0 Å². The van der Waals surface area contributed by atoms with Gasteiger partial charge in [0.05, 0.1) is 25.4 Å². The summed E-state index contributed by atoms with van der Waals surface area (Å²) in [6, 6.07) is 2.58. The topological polar surface area (TPSA) is 73.6 Å². The lowest BCUT2D eigenvalue weighted by molar-refractivity contribution is -0.122. The molecule has 2 rings (SSSR count). The average Bonchev–Trinajstić information content (AvgIpc) is 2.49. The van der Waals surface area contributed by atoms with Crippen LogP contribution in [0.2, 0.25) is 0 Å². The van der Waals surface area contributed by atoms with Gasteiger partial charge in [0.2, 0.25) is 5.91 Å². The van der Waals surface area contributed by atoms with Gasteiger partial charge in [-0.1, -0.05) is 19.3 Å². The van der Waals surface area contributed by atoms with Crippen LogP contribution in [0.25, 0.3) is 0 Å². The van der Waals surface area contributed by atoms with E-state index in [2.05, 4.69) is 5.32 Å². The number of methoxy groups -OCH3 is 2. The highest BCUT2D eigenvalue weighted by Gasteiger charge is 2.35. The molecule has 0 saturated heterocycles. The van der Waals surface area contributed by atoms with Gasteiger partial charge in [0.1, 0.15) is 0 Å². The van der Waals surface area contributed by atoms with Gasteiger partial charge in [0.15, 0.2) is 17.3 Å². The smallest absolute Gasteiger partial charge is 0.244 e. The van der Waals surface area contributed by atoms with Crippen LogP contribution in [-0.2, 0) is 4.79 Å². The summed E-state index contributed by atoms with van der Waals surface area (Å²) < 4.78 is 24.1. The number of amides is 1. The molecule has 1 aromatic rings. The van der Waals surface area contributed by atoms with Crippen molar-refractivity contribution < 1.29 is 18.7 Å². The molecule has 0 atom stereocenters. The summed E-state index contributed by atoms with van der Waals surface area (Å²) in [5, 5.41) is 2.57. The van der Waals surface area contributed by atoms with Gasteiger partial charge < -0.3 is 20.5 Å². The molecule has 1 saturated carbocycles. The van der Waals surface area contributed by atoms with Gasteiger partial charge >= 0.3 is 0 Å². The molecular formula is C15H21FN2O3. The predicted molar refractivity (Wildman–Crippen MR) is 78.1 cm³/mol. The molecule has 0 heterocycles. The molecule has 1 aromatic carbocycles. The van der Waals surface area contributed by atoms with Crippen LogP contribution in [0, 0.1) is 5.82 Å². The molecule has 0 radical (unpaired) electrons. The van der Waals surface area contributed by atoms with E-state index in [4.69, 9.17) is 15.2 Å². The van der Waals surface area contributed by atoms with E-state index in [-0.39, 0.29) is 17.3 Å². The second-order valence-electron chi connectivity index (χ2n) is 5.36. The van der Waals surface area contributed by atoms with Gasteiger partial charge in [-0.3, -0.25) is 4.79 Å². The number of nitrogens with one attached hydrogen (secondary N) is 1. The minimum atomic E-state index is -0.919. The molecule has 1 aliphatic carbocycles. The van der Waals surface area contributed by atoms with Crippen molar-refractivity contribution in [2.45, 2.75) is 37.6 Å². The van der Waals surface area contributed by atoms with Crippen LogP contribution < -0.4 is 20.5 Å². The van der Waals surface area contributed by atoms with E-state index in [1.807, 2.05) is 0 Å². The lowest BCUT2D eigenvalue weighted by atomic mass is 9.82. The molecule has 0 spiro atoms. The van der Waals surface area contributed by atoms with Crippen LogP contribution in [0.4, 0.5) is 10.1 Å². The van der Waals surface area contributed by atoms with Crippen molar-refractivity contribution >= 4 is 11.6 Å². The normalized spacial score (nSPS) is 17.1. The number of carbonyl (C=O) groups excluding carboxylic acids is 1. The minimum Gasteiger partial charge on any atom is -0.493 e. The summed E-state index contributed by atoms with van der Waals surface area (Å²) in [6.45, 7) is 0.